The zero-order valence-corrected chi connectivity index (χ0v) is 17.4. The van der Waals surface area contributed by atoms with E-state index < -0.39 is 0 Å². The van der Waals surface area contributed by atoms with E-state index in [4.69, 9.17) is 21.1 Å². The molecule has 0 saturated heterocycles. The molecule has 0 radical (unpaired) electrons. The van der Waals surface area contributed by atoms with Gasteiger partial charge in [0.2, 0.25) is 0 Å². The maximum Gasteiger partial charge on any atom is 0.161 e. The highest BCUT2D eigenvalue weighted by Gasteiger charge is 2.06. The molecule has 0 bridgehead atoms. The molecule has 0 unspecified atom stereocenters. The number of methoxy groups -OCH3 is 1. The molecule has 0 aliphatic rings. The van der Waals surface area contributed by atoms with Crippen molar-refractivity contribution in [2.75, 3.05) is 13.7 Å². The van der Waals surface area contributed by atoms with Crippen molar-refractivity contribution in [1.29, 1.82) is 0 Å². The molecule has 0 amide bonds. The average molecular weight is 390 g/mol. The molecule has 2 rings (SSSR count). The number of unbranched alkanes of at least 4 members (excludes halogenated alkanes) is 5. The summed E-state index contributed by atoms with van der Waals surface area (Å²) in [5.74, 6) is 1.52. The molecule has 3 nitrogen and oxygen atoms in total. The molecule has 1 N–H and O–H groups in total. The van der Waals surface area contributed by atoms with Gasteiger partial charge < -0.3 is 14.8 Å². The molecule has 27 heavy (non-hydrogen) atoms. The van der Waals surface area contributed by atoms with E-state index in [0.717, 1.165) is 35.2 Å². The van der Waals surface area contributed by atoms with Crippen molar-refractivity contribution < 1.29 is 9.47 Å². The topological polar surface area (TPSA) is 30.5 Å². The number of ether oxygens (including phenoxy) is 2. The van der Waals surface area contributed by atoms with Crippen molar-refractivity contribution in [1.82, 2.24) is 5.32 Å². The zero-order valence-electron chi connectivity index (χ0n) is 16.6. The lowest BCUT2D eigenvalue weighted by atomic mass is 10.1. The Morgan fingerprint density at radius 1 is 0.852 bits per heavy atom. The first-order valence-electron chi connectivity index (χ1n) is 9.97. The van der Waals surface area contributed by atoms with Gasteiger partial charge in [-0.2, -0.15) is 0 Å². The first kappa shape index (κ1) is 21.6. The third kappa shape index (κ3) is 8.23. The standard InChI is InChI=1S/C23H32ClNO2/c1-3-4-5-6-7-8-15-25-17-20-11-14-22(23(16-20)26-2)27-18-19-9-12-21(24)13-10-19/h9-14,16,25H,3-8,15,17-18H2,1-2H3. The highest BCUT2D eigenvalue weighted by molar-refractivity contribution is 6.30. The Morgan fingerprint density at radius 3 is 2.30 bits per heavy atom. The minimum atomic E-state index is 0.489. The van der Waals surface area contributed by atoms with E-state index in [0.29, 0.717) is 6.61 Å². The van der Waals surface area contributed by atoms with Gasteiger partial charge >= 0.3 is 0 Å². The van der Waals surface area contributed by atoms with Crippen molar-refractivity contribution >= 4 is 11.6 Å². The van der Waals surface area contributed by atoms with Gasteiger partial charge in [-0.05, 0) is 48.4 Å². The second-order valence-corrected chi connectivity index (χ2v) is 7.28. The van der Waals surface area contributed by atoms with Gasteiger partial charge in [-0.3, -0.25) is 0 Å². The summed E-state index contributed by atoms with van der Waals surface area (Å²) in [7, 11) is 1.68. The minimum Gasteiger partial charge on any atom is -0.493 e. The maximum absolute atomic E-state index is 5.92. The van der Waals surface area contributed by atoms with E-state index in [2.05, 4.69) is 18.3 Å². The normalized spacial score (nSPS) is 10.8. The van der Waals surface area contributed by atoms with Gasteiger partial charge in [0.15, 0.2) is 11.5 Å². The van der Waals surface area contributed by atoms with Crippen molar-refractivity contribution in [2.45, 2.75) is 58.6 Å². The Kier molecular flexibility index (Phi) is 10.1. The number of benzene rings is 2. The van der Waals surface area contributed by atoms with Gasteiger partial charge in [0.1, 0.15) is 6.61 Å². The van der Waals surface area contributed by atoms with E-state index in [-0.39, 0.29) is 0 Å². The number of rotatable bonds is 13. The predicted molar refractivity (Wildman–Crippen MR) is 114 cm³/mol. The summed E-state index contributed by atoms with van der Waals surface area (Å²) in [5, 5.41) is 4.25. The highest BCUT2D eigenvalue weighted by Crippen LogP contribution is 2.29. The molecule has 0 spiro atoms. The SMILES string of the molecule is CCCCCCCCNCc1ccc(OCc2ccc(Cl)cc2)c(OC)c1. The minimum absolute atomic E-state index is 0.489. The molecular weight excluding hydrogens is 358 g/mol. The quantitative estimate of drug-likeness (QED) is 0.403. The Hall–Kier alpha value is -1.71. The molecule has 0 fully saturated rings. The maximum atomic E-state index is 5.92. The lowest BCUT2D eigenvalue weighted by Crippen LogP contribution is -2.14. The van der Waals surface area contributed by atoms with Crippen LogP contribution in [0.3, 0.4) is 0 Å². The summed E-state index contributed by atoms with van der Waals surface area (Å²) in [6, 6.07) is 13.8. The van der Waals surface area contributed by atoms with Crippen LogP contribution < -0.4 is 14.8 Å². The van der Waals surface area contributed by atoms with Crippen LogP contribution in [0.4, 0.5) is 0 Å². The van der Waals surface area contributed by atoms with Crippen molar-refractivity contribution in [3.63, 3.8) is 0 Å². The highest BCUT2D eigenvalue weighted by atomic mass is 35.5. The van der Waals surface area contributed by atoms with Crippen LogP contribution in [0.25, 0.3) is 0 Å². The molecule has 0 aromatic heterocycles. The Labute approximate surface area is 169 Å². The van der Waals surface area contributed by atoms with Gasteiger partial charge in [0.05, 0.1) is 7.11 Å². The number of hydrogen-bond donors (Lipinski definition) is 1. The Bertz CT molecular complexity index is 658. The first-order valence-corrected chi connectivity index (χ1v) is 10.4. The fourth-order valence-corrected chi connectivity index (χ4v) is 3.07. The van der Waals surface area contributed by atoms with Crippen LogP contribution in [0, 0.1) is 0 Å². The van der Waals surface area contributed by atoms with Gasteiger partial charge in [-0.15, -0.1) is 0 Å². The van der Waals surface area contributed by atoms with Crippen LogP contribution in [0.2, 0.25) is 5.02 Å². The lowest BCUT2D eigenvalue weighted by Gasteiger charge is -2.13. The predicted octanol–water partition coefficient (Wildman–Crippen LogP) is 6.38. The fourth-order valence-electron chi connectivity index (χ4n) is 2.95. The molecule has 0 heterocycles. The van der Waals surface area contributed by atoms with Gasteiger partial charge in [-0.1, -0.05) is 68.8 Å². The molecular formula is C23H32ClNO2. The molecule has 0 aliphatic carbocycles. The monoisotopic (exact) mass is 389 g/mol. The van der Waals surface area contributed by atoms with Crippen molar-refractivity contribution in [3.05, 3.63) is 58.6 Å². The second-order valence-electron chi connectivity index (χ2n) is 6.84. The zero-order chi connectivity index (χ0) is 19.3. The van der Waals surface area contributed by atoms with Crippen LogP contribution in [0.1, 0.15) is 56.6 Å². The van der Waals surface area contributed by atoms with Gasteiger partial charge in [0.25, 0.3) is 0 Å². The molecule has 148 valence electrons. The summed E-state index contributed by atoms with van der Waals surface area (Å²) in [4.78, 5) is 0. The summed E-state index contributed by atoms with van der Waals surface area (Å²) >= 11 is 5.92. The van der Waals surface area contributed by atoms with Crippen LogP contribution in [-0.2, 0) is 13.2 Å². The lowest BCUT2D eigenvalue weighted by molar-refractivity contribution is 0.284. The number of hydrogen-bond acceptors (Lipinski definition) is 3. The number of halogens is 1. The van der Waals surface area contributed by atoms with Crippen molar-refractivity contribution in [2.24, 2.45) is 0 Å². The third-order valence-corrected chi connectivity index (χ3v) is 4.82. The molecule has 4 heteroatoms. The van der Waals surface area contributed by atoms with Crippen LogP contribution in [-0.4, -0.2) is 13.7 Å². The molecule has 0 atom stereocenters. The average Bonchev–Trinajstić information content (AvgIpc) is 2.70. The Morgan fingerprint density at radius 2 is 1.56 bits per heavy atom. The first-order chi connectivity index (χ1) is 13.2. The molecule has 2 aromatic carbocycles. The summed E-state index contributed by atoms with van der Waals surface area (Å²) in [5.41, 5.74) is 2.28. The smallest absolute Gasteiger partial charge is 0.161 e. The number of nitrogens with one attached hydrogen (secondary N) is 1. The van der Waals surface area contributed by atoms with E-state index >= 15 is 0 Å². The Balaban J connectivity index is 1.75. The second kappa shape index (κ2) is 12.6. The van der Waals surface area contributed by atoms with E-state index in [1.165, 1.54) is 44.1 Å². The van der Waals surface area contributed by atoms with E-state index in [9.17, 15) is 0 Å². The van der Waals surface area contributed by atoms with Gasteiger partial charge in [0, 0.05) is 11.6 Å². The van der Waals surface area contributed by atoms with E-state index in [1.807, 2.05) is 36.4 Å². The summed E-state index contributed by atoms with van der Waals surface area (Å²) in [6.45, 7) is 4.65. The molecule has 0 saturated carbocycles. The van der Waals surface area contributed by atoms with Crippen LogP contribution in [0.5, 0.6) is 11.5 Å². The molecule has 0 aliphatic heterocycles. The van der Waals surface area contributed by atoms with Crippen molar-refractivity contribution in [3.8, 4) is 11.5 Å². The fraction of sp³-hybridized carbons (Fsp3) is 0.478. The third-order valence-electron chi connectivity index (χ3n) is 4.57. The summed E-state index contributed by atoms with van der Waals surface area (Å²) in [6.07, 6.45) is 7.93. The largest absolute Gasteiger partial charge is 0.493 e. The van der Waals surface area contributed by atoms with Crippen LogP contribution >= 0.6 is 11.6 Å². The van der Waals surface area contributed by atoms with E-state index in [1.54, 1.807) is 7.11 Å². The molecule has 2 aromatic rings. The summed E-state index contributed by atoms with van der Waals surface area (Å²) < 4.78 is 11.4. The van der Waals surface area contributed by atoms with Gasteiger partial charge in [-0.25, -0.2) is 0 Å². The van der Waals surface area contributed by atoms with Crippen LogP contribution in [0.15, 0.2) is 42.5 Å².